The number of hydrogen-bond acceptors (Lipinski definition) is 9. The van der Waals surface area contributed by atoms with E-state index in [0.29, 0.717) is 17.9 Å². The van der Waals surface area contributed by atoms with Gasteiger partial charge in [0.05, 0.1) is 39.1 Å². The predicted octanol–water partition coefficient (Wildman–Crippen LogP) is 5.90. The van der Waals surface area contributed by atoms with Gasteiger partial charge in [0.15, 0.2) is 12.2 Å². The predicted molar refractivity (Wildman–Crippen MR) is 169 cm³/mol. The second-order valence-electron chi connectivity index (χ2n) is 10.8. The van der Waals surface area contributed by atoms with Crippen molar-refractivity contribution in [1.29, 1.82) is 0 Å². The molecule has 0 radical (unpaired) electrons. The molecule has 0 saturated carbocycles. The van der Waals surface area contributed by atoms with Gasteiger partial charge in [-0.25, -0.2) is 4.79 Å². The van der Waals surface area contributed by atoms with Gasteiger partial charge in [-0.05, 0) is 41.0 Å². The molecule has 4 aromatic rings. The Morgan fingerprint density at radius 3 is 1.67 bits per heavy atom. The van der Waals surface area contributed by atoms with Gasteiger partial charge in [0.25, 0.3) is 0 Å². The maximum Gasteiger partial charge on any atom is 0.338 e. The molecular formula is C37H38O9. The average molecular weight is 627 g/mol. The fourth-order valence-electron chi connectivity index (χ4n) is 5.10. The summed E-state index contributed by atoms with van der Waals surface area (Å²) in [7, 11) is 1.55. The standard InChI is InChI=1S/C37H38O9/c1-26(38)44-37-35(43-24-29-16-10-5-11-17-29)34(42-23-28-14-8-4-9-15-28)33(46-36(39)30-18-20-31(40-2)21-19-30)32(45-37)25-41-22-27-12-6-3-7-13-27/h3-21,32-35,37H,22-25H2,1-2H3/t32-,33+,34+,35-,37+/m1/s1. The van der Waals surface area contributed by atoms with Crippen LogP contribution in [0.3, 0.4) is 0 Å². The Hall–Kier alpha value is -4.54. The number of carbonyl (C=O) groups excluding carboxylic acids is 2. The van der Waals surface area contributed by atoms with Gasteiger partial charge in [-0.15, -0.1) is 0 Å². The molecule has 0 aliphatic carbocycles. The van der Waals surface area contributed by atoms with Crippen molar-refractivity contribution in [2.45, 2.75) is 57.5 Å². The molecule has 1 heterocycles. The molecule has 5 rings (SSSR count). The molecule has 1 fully saturated rings. The molecule has 9 heteroatoms. The fraction of sp³-hybridized carbons (Fsp3) is 0.297. The zero-order chi connectivity index (χ0) is 32.1. The van der Waals surface area contributed by atoms with Crippen LogP contribution in [-0.4, -0.2) is 56.4 Å². The van der Waals surface area contributed by atoms with Crippen molar-refractivity contribution in [3.8, 4) is 5.75 Å². The number of benzene rings is 4. The molecular weight excluding hydrogens is 588 g/mol. The lowest BCUT2D eigenvalue weighted by Crippen LogP contribution is -2.62. The zero-order valence-electron chi connectivity index (χ0n) is 25.9. The highest BCUT2D eigenvalue weighted by atomic mass is 16.7. The lowest BCUT2D eigenvalue weighted by Gasteiger charge is -2.45. The molecule has 46 heavy (non-hydrogen) atoms. The monoisotopic (exact) mass is 626 g/mol. The molecule has 9 nitrogen and oxygen atoms in total. The van der Waals surface area contributed by atoms with E-state index in [1.165, 1.54) is 6.92 Å². The number of hydrogen-bond donors (Lipinski definition) is 0. The molecule has 0 bridgehead atoms. The first-order chi connectivity index (χ1) is 22.5. The number of rotatable bonds is 14. The third kappa shape index (κ3) is 9.24. The molecule has 240 valence electrons. The minimum atomic E-state index is -1.16. The first kappa shape index (κ1) is 32.8. The first-order valence-electron chi connectivity index (χ1n) is 15.1. The molecule has 0 unspecified atom stereocenters. The van der Waals surface area contributed by atoms with E-state index >= 15 is 0 Å². The van der Waals surface area contributed by atoms with E-state index < -0.39 is 42.6 Å². The minimum absolute atomic E-state index is 0.0177. The van der Waals surface area contributed by atoms with E-state index in [0.717, 1.165) is 16.7 Å². The topological polar surface area (TPSA) is 98.8 Å². The van der Waals surface area contributed by atoms with E-state index in [1.54, 1.807) is 31.4 Å². The molecule has 0 N–H and O–H groups in total. The van der Waals surface area contributed by atoms with Crippen LogP contribution >= 0.6 is 0 Å². The fourth-order valence-corrected chi connectivity index (χ4v) is 5.10. The summed E-state index contributed by atoms with van der Waals surface area (Å²) in [6, 6.07) is 35.4. The second-order valence-corrected chi connectivity index (χ2v) is 10.8. The Morgan fingerprint density at radius 2 is 1.15 bits per heavy atom. The normalized spacial score (nSPS) is 20.9. The maximum absolute atomic E-state index is 13.6. The van der Waals surface area contributed by atoms with E-state index in [4.69, 9.17) is 33.2 Å². The van der Waals surface area contributed by atoms with Crippen LogP contribution in [0.5, 0.6) is 5.75 Å². The minimum Gasteiger partial charge on any atom is -0.497 e. The summed E-state index contributed by atoms with van der Waals surface area (Å²) in [6.45, 7) is 1.96. The van der Waals surface area contributed by atoms with Gasteiger partial charge in [0.2, 0.25) is 6.29 Å². The van der Waals surface area contributed by atoms with Gasteiger partial charge >= 0.3 is 11.9 Å². The van der Waals surface area contributed by atoms with Crippen molar-refractivity contribution in [2.24, 2.45) is 0 Å². The Labute approximate surface area is 268 Å². The highest BCUT2D eigenvalue weighted by Crippen LogP contribution is 2.32. The molecule has 4 aromatic carbocycles. The summed E-state index contributed by atoms with van der Waals surface area (Å²) in [5, 5.41) is 0. The van der Waals surface area contributed by atoms with Crippen molar-refractivity contribution in [1.82, 2.24) is 0 Å². The van der Waals surface area contributed by atoms with Crippen LogP contribution in [-0.2, 0) is 53.0 Å². The lowest BCUT2D eigenvalue weighted by molar-refractivity contribution is -0.312. The summed E-state index contributed by atoms with van der Waals surface area (Å²) >= 11 is 0. The van der Waals surface area contributed by atoms with E-state index in [-0.39, 0.29) is 19.8 Å². The van der Waals surface area contributed by atoms with Gasteiger partial charge in [0.1, 0.15) is 18.0 Å². The quantitative estimate of drug-likeness (QED) is 0.159. The van der Waals surface area contributed by atoms with Crippen molar-refractivity contribution in [3.05, 3.63) is 138 Å². The smallest absolute Gasteiger partial charge is 0.338 e. The molecule has 1 aliphatic rings. The van der Waals surface area contributed by atoms with Crippen molar-refractivity contribution < 1.29 is 42.7 Å². The number of ether oxygens (including phenoxy) is 7. The van der Waals surface area contributed by atoms with Crippen LogP contribution in [0.4, 0.5) is 0 Å². The van der Waals surface area contributed by atoms with Crippen molar-refractivity contribution in [2.75, 3.05) is 13.7 Å². The molecule has 1 aliphatic heterocycles. The Bertz CT molecular complexity index is 1500. The van der Waals surface area contributed by atoms with Gasteiger partial charge in [-0.2, -0.15) is 0 Å². The van der Waals surface area contributed by atoms with E-state index in [1.807, 2.05) is 91.0 Å². The van der Waals surface area contributed by atoms with Gasteiger partial charge in [0, 0.05) is 6.92 Å². The van der Waals surface area contributed by atoms with Gasteiger partial charge < -0.3 is 33.2 Å². The highest BCUT2D eigenvalue weighted by Gasteiger charge is 2.51. The van der Waals surface area contributed by atoms with Crippen LogP contribution in [0.2, 0.25) is 0 Å². The van der Waals surface area contributed by atoms with E-state index in [2.05, 4.69) is 0 Å². The maximum atomic E-state index is 13.6. The summed E-state index contributed by atoms with van der Waals surface area (Å²) < 4.78 is 42.4. The zero-order valence-corrected chi connectivity index (χ0v) is 25.9. The summed E-state index contributed by atoms with van der Waals surface area (Å²) in [5.74, 6) is -0.546. The molecule has 1 saturated heterocycles. The van der Waals surface area contributed by atoms with Crippen LogP contribution in [0, 0.1) is 0 Å². The first-order valence-corrected chi connectivity index (χ1v) is 15.1. The second kappa shape index (κ2) is 16.7. The summed E-state index contributed by atoms with van der Waals surface area (Å²) in [6.07, 6.45) is -4.89. The lowest BCUT2D eigenvalue weighted by atomic mass is 9.97. The Balaban J connectivity index is 1.46. The highest BCUT2D eigenvalue weighted by molar-refractivity contribution is 5.89. The van der Waals surface area contributed by atoms with Gasteiger partial charge in [-0.1, -0.05) is 91.0 Å². The van der Waals surface area contributed by atoms with E-state index in [9.17, 15) is 9.59 Å². The Morgan fingerprint density at radius 1 is 0.630 bits per heavy atom. The van der Waals surface area contributed by atoms with Crippen LogP contribution in [0.1, 0.15) is 34.0 Å². The summed E-state index contributed by atoms with van der Waals surface area (Å²) in [5.41, 5.74) is 3.07. The third-order valence-corrected chi connectivity index (χ3v) is 7.41. The molecule has 0 spiro atoms. The van der Waals surface area contributed by atoms with Gasteiger partial charge in [-0.3, -0.25) is 4.79 Å². The Kier molecular flexibility index (Phi) is 11.9. The van der Waals surface area contributed by atoms with Crippen molar-refractivity contribution in [3.63, 3.8) is 0 Å². The number of carbonyl (C=O) groups is 2. The van der Waals surface area contributed by atoms with Crippen LogP contribution in [0.25, 0.3) is 0 Å². The average Bonchev–Trinajstić information content (AvgIpc) is 3.09. The molecule has 5 atom stereocenters. The largest absolute Gasteiger partial charge is 0.497 e. The summed E-state index contributed by atoms with van der Waals surface area (Å²) in [4.78, 5) is 25.9. The number of esters is 2. The van der Waals surface area contributed by atoms with Crippen LogP contribution < -0.4 is 4.74 Å². The molecule has 0 aromatic heterocycles. The van der Waals surface area contributed by atoms with Crippen molar-refractivity contribution >= 4 is 11.9 Å². The SMILES string of the molecule is COc1ccc(C(=O)O[C@@H]2[C@H](OCc3ccccc3)[C@@H](OCc3ccccc3)[C@@H](OC(C)=O)O[C@@H]2COCc2ccccc2)cc1. The third-order valence-electron chi connectivity index (χ3n) is 7.41. The molecule has 0 amide bonds. The number of methoxy groups -OCH3 is 1. The van der Waals surface area contributed by atoms with Crippen LogP contribution in [0.15, 0.2) is 115 Å².